The molecule has 2 heterocycles. The molecule has 40 heavy (non-hydrogen) atoms. The first-order valence-electron chi connectivity index (χ1n) is 14.7. The van der Waals surface area contributed by atoms with E-state index in [4.69, 9.17) is 8.85 Å². The van der Waals surface area contributed by atoms with Crippen LogP contribution in [0.25, 0.3) is 11.1 Å². The van der Waals surface area contributed by atoms with Gasteiger partial charge < -0.3 is 19.9 Å². The van der Waals surface area contributed by atoms with Crippen LogP contribution in [0.1, 0.15) is 31.2 Å². The zero-order valence-electron chi connectivity index (χ0n) is 25.6. The number of carbonyl (C=O) groups is 3. The van der Waals surface area contributed by atoms with Crippen LogP contribution in [0.4, 0.5) is 11.4 Å². The van der Waals surface area contributed by atoms with Crippen molar-refractivity contribution >= 4 is 40.3 Å². The Bertz CT molecular complexity index is 1550. The van der Waals surface area contributed by atoms with Crippen molar-refractivity contribution in [1.82, 2.24) is 9.80 Å². The number of piperazine rings is 1. The number of allylic oxidation sites excluding steroid dienone is 1. The summed E-state index contributed by atoms with van der Waals surface area (Å²) in [7, 11) is 3.33. The predicted octanol–water partition coefficient (Wildman–Crippen LogP) is 3.79. The summed E-state index contributed by atoms with van der Waals surface area (Å²) in [6.45, 7) is 0.441. The van der Waals surface area contributed by atoms with Crippen LogP contribution in [0.3, 0.4) is 0 Å². The standard InChI is InChI=1S/C32H34N4O4/c1-34-15-17-36(18-16-34)21-29(37)35(2)25-12-9-22(10-13-25)19-27(23-7-5-4-6-8-23)30-26-14-11-24(32(39)40-3)20-28(26)33-31(30)38/h4-14,20H,15-19,21H2,1-3H3,(H,33,38)/b30-27+/i2D3. The van der Waals surface area contributed by atoms with Gasteiger partial charge in [-0.3, -0.25) is 14.5 Å². The first-order valence-corrected chi connectivity index (χ1v) is 13.2. The number of methoxy groups -OCH3 is 1. The number of nitrogens with zero attached hydrogens (tertiary/aromatic N) is 3. The maximum absolute atomic E-state index is 13.3. The summed E-state index contributed by atoms with van der Waals surface area (Å²) >= 11 is 0. The lowest BCUT2D eigenvalue weighted by Crippen LogP contribution is -2.48. The summed E-state index contributed by atoms with van der Waals surface area (Å²) < 4.78 is 29.0. The summed E-state index contributed by atoms with van der Waals surface area (Å²) in [5.74, 6) is -1.25. The van der Waals surface area contributed by atoms with Gasteiger partial charge in [0, 0.05) is 54.2 Å². The van der Waals surface area contributed by atoms with Gasteiger partial charge in [-0.2, -0.15) is 0 Å². The predicted molar refractivity (Wildman–Crippen MR) is 157 cm³/mol. The van der Waals surface area contributed by atoms with Gasteiger partial charge in [0.15, 0.2) is 0 Å². The fourth-order valence-corrected chi connectivity index (χ4v) is 5.07. The van der Waals surface area contributed by atoms with Crippen molar-refractivity contribution in [1.29, 1.82) is 0 Å². The third-order valence-electron chi connectivity index (χ3n) is 7.39. The van der Waals surface area contributed by atoms with Crippen LogP contribution in [0.5, 0.6) is 0 Å². The van der Waals surface area contributed by atoms with Crippen molar-refractivity contribution in [2.75, 3.05) is 64.1 Å². The molecule has 3 aromatic carbocycles. The number of anilines is 2. The van der Waals surface area contributed by atoms with Crippen molar-refractivity contribution in [3.63, 3.8) is 0 Å². The first kappa shape index (κ1) is 23.6. The van der Waals surface area contributed by atoms with E-state index < -0.39 is 18.9 Å². The van der Waals surface area contributed by atoms with E-state index in [9.17, 15) is 14.4 Å². The monoisotopic (exact) mass is 541 g/mol. The van der Waals surface area contributed by atoms with Gasteiger partial charge in [0.05, 0.1) is 24.8 Å². The van der Waals surface area contributed by atoms with E-state index in [1.165, 1.54) is 7.11 Å². The van der Waals surface area contributed by atoms with Gasteiger partial charge in [-0.1, -0.05) is 48.5 Å². The van der Waals surface area contributed by atoms with Gasteiger partial charge in [-0.15, -0.1) is 0 Å². The summed E-state index contributed by atoms with van der Waals surface area (Å²) in [5.41, 5.74) is 4.78. The smallest absolute Gasteiger partial charge is 0.337 e. The molecule has 1 saturated heterocycles. The van der Waals surface area contributed by atoms with Crippen LogP contribution in [-0.4, -0.2) is 81.4 Å². The Labute approximate surface area is 239 Å². The molecular formula is C32H34N4O4. The molecule has 0 aromatic heterocycles. The summed E-state index contributed by atoms with van der Waals surface area (Å²) in [6.07, 6.45) is 0.369. The highest BCUT2D eigenvalue weighted by Gasteiger charge is 2.29. The van der Waals surface area contributed by atoms with E-state index in [-0.39, 0.29) is 18.1 Å². The van der Waals surface area contributed by atoms with Crippen LogP contribution >= 0.6 is 0 Å². The number of carbonyl (C=O) groups excluding carboxylic acids is 3. The summed E-state index contributed by atoms with van der Waals surface area (Å²) in [6, 6.07) is 21.4. The van der Waals surface area contributed by atoms with E-state index in [0.29, 0.717) is 41.9 Å². The summed E-state index contributed by atoms with van der Waals surface area (Å²) in [4.78, 5) is 43.6. The van der Waals surface area contributed by atoms with Gasteiger partial charge in [-0.25, -0.2) is 4.79 Å². The third kappa shape index (κ3) is 5.83. The van der Waals surface area contributed by atoms with Gasteiger partial charge in [0.2, 0.25) is 5.91 Å². The Morgan fingerprint density at radius 3 is 2.38 bits per heavy atom. The van der Waals surface area contributed by atoms with Gasteiger partial charge in [0.1, 0.15) is 0 Å². The van der Waals surface area contributed by atoms with Gasteiger partial charge in [0.25, 0.3) is 5.91 Å². The van der Waals surface area contributed by atoms with Crippen molar-refractivity contribution in [3.05, 3.63) is 95.1 Å². The largest absolute Gasteiger partial charge is 0.465 e. The van der Waals surface area contributed by atoms with Gasteiger partial charge >= 0.3 is 5.97 Å². The quantitative estimate of drug-likeness (QED) is 0.362. The Balaban J connectivity index is 1.45. The third-order valence-corrected chi connectivity index (χ3v) is 7.39. The molecule has 206 valence electrons. The average molecular weight is 542 g/mol. The highest BCUT2D eigenvalue weighted by molar-refractivity contribution is 6.37. The lowest BCUT2D eigenvalue weighted by molar-refractivity contribution is -0.119. The molecule has 8 heteroatoms. The number of hydrogen-bond donors (Lipinski definition) is 1. The van der Waals surface area contributed by atoms with Crippen LogP contribution in [0, 0.1) is 0 Å². The van der Waals surface area contributed by atoms with Crippen molar-refractivity contribution in [3.8, 4) is 0 Å². The zero-order chi connectivity index (χ0) is 30.7. The van der Waals surface area contributed by atoms with Crippen LogP contribution in [0.15, 0.2) is 72.8 Å². The second kappa shape index (κ2) is 11.9. The minimum absolute atomic E-state index is 0.0322. The lowest BCUT2D eigenvalue weighted by atomic mass is 9.90. The van der Waals surface area contributed by atoms with E-state index in [0.717, 1.165) is 34.7 Å². The number of nitrogens with one attached hydrogen (secondary N) is 1. The number of ether oxygens (including phenoxy) is 1. The number of esters is 1. The number of benzene rings is 3. The van der Waals surface area contributed by atoms with Crippen molar-refractivity contribution in [2.24, 2.45) is 0 Å². The maximum Gasteiger partial charge on any atom is 0.337 e. The molecule has 0 saturated carbocycles. The fourth-order valence-electron chi connectivity index (χ4n) is 5.07. The molecular weight excluding hydrogens is 504 g/mol. The Morgan fingerprint density at radius 1 is 0.975 bits per heavy atom. The Hall–Kier alpha value is -4.27. The SMILES string of the molecule is [2H]C([2H])([2H])N(C(=O)CN1CCN(C)CC1)c1ccc(C/C(=C2\C(=O)Nc3cc(C(=O)OC)ccc32)c2ccccc2)cc1. The van der Waals surface area contributed by atoms with E-state index in [2.05, 4.69) is 10.2 Å². The van der Waals surface area contributed by atoms with E-state index in [1.54, 1.807) is 42.5 Å². The summed E-state index contributed by atoms with van der Waals surface area (Å²) in [5, 5.41) is 2.87. The lowest BCUT2D eigenvalue weighted by Gasteiger charge is -2.32. The molecule has 0 aliphatic carbocycles. The molecule has 0 unspecified atom stereocenters. The molecule has 0 radical (unpaired) electrons. The molecule has 0 spiro atoms. The molecule has 0 bridgehead atoms. The molecule has 2 aliphatic rings. The molecule has 5 rings (SSSR count). The van der Waals surface area contributed by atoms with Crippen molar-refractivity contribution in [2.45, 2.75) is 6.42 Å². The Kier molecular flexibility index (Phi) is 7.00. The minimum Gasteiger partial charge on any atom is -0.465 e. The highest BCUT2D eigenvalue weighted by atomic mass is 16.5. The van der Waals surface area contributed by atoms with Crippen molar-refractivity contribution < 1.29 is 23.2 Å². The fraction of sp³-hybridized carbons (Fsp3) is 0.281. The van der Waals surface area contributed by atoms with Gasteiger partial charge in [-0.05, 0) is 54.4 Å². The second-order valence-corrected chi connectivity index (χ2v) is 10.1. The number of amides is 2. The topological polar surface area (TPSA) is 82.2 Å². The molecule has 3 aromatic rings. The molecule has 2 aliphatic heterocycles. The molecule has 0 atom stereocenters. The highest BCUT2D eigenvalue weighted by Crippen LogP contribution is 2.39. The van der Waals surface area contributed by atoms with Crippen LogP contribution in [0.2, 0.25) is 0 Å². The first-order chi connectivity index (χ1) is 20.5. The average Bonchev–Trinajstić information content (AvgIpc) is 3.31. The Morgan fingerprint density at radius 2 is 1.70 bits per heavy atom. The van der Waals surface area contributed by atoms with E-state index in [1.807, 2.05) is 42.3 Å². The molecule has 1 N–H and O–H groups in total. The van der Waals surface area contributed by atoms with Crippen LogP contribution in [-0.2, 0) is 20.7 Å². The minimum atomic E-state index is -2.64. The van der Waals surface area contributed by atoms with Crippen LogP contribution < -0.4 is 10.2 Å². The molecule has 8 nitrogen and oxygen atoms in total. The molecule has 1 fully saturated rings. The maximum atomic E-state index is 13.3. The normalized spacial score (nSPS) is 18.1. The van der Waals surface area contributed by atoms with E-state index >= 15 is 0 Å². The molecule has 2 amide bonds. The zero-order valence-corrected chi connectivity index (χ0v) is 22.6. The second-order valence-electron chi connectivity index (χ2n) is 10.1. The number of fused-ring (bicyclic) bond motifs is 1. The number of rotatable bonds is 7. The number of hydrogen-bond acceptors (Lipinski definition) is 6. The number of likely N-dealkylation sites (N-methyl/N-ethyl adjacent to an activating group) is 2.